The lowest BCUT2D eigenvalue weighted by atomic mass is 9.99. The van der Waals surface area contributed by atoms with Gasteiger partial charge in [-0.3, -0.25) is 14.4 Å². The maximum Gasteiger partial charge on any atom is 0.289 e. The van der Waals surface area contributed by atoms with Gasteiger partial charge in [-0.15, -0.1) is 0 Å². The lowest BCUT2D eigenvalue weighted by Crippen LogP contribution is -2.72. The van der Waals surface area contributed by atoms with Crippen LogP contribution < -0.4 is 10.1 Å². The molecule has 3 atom stereocenters. The number of benzene rings is 1. The third-order valence-corrected chi connectivity index (χ3v) is 7.09. The van der Waals surface area contributed by atoms with Crippen LogP contribution in [0.5, 0.6) is 11.5 Å². The Kier molecular flexibility index (Phi) is 3.07. The molecule has 1 aromatic rings. The number of nitrogens with one attached hydrogen (secondary N) is 1. The molecule has 5 rings (SSSR count). The molecule has 3 amide bonds. The fourth-order valence-corrected chi connectivity index (χ4v) is 6.14. The molecule has 3 fully saturated rings. The number of hydrogen-bond donors (Lipinski definition) is 2. The number of imide groups is 1. The fourth-order valence-electron chi connectivity index (χ4n) is 2.96. The highest BCUT2D eigenvalue weighted by atomic mass is 35.5. The molecule has 4 heterocycles. The van der Waals surface area contributed by atoms with E-state index in [0.717, 1.165) is 15.7 Å². The Bertz CT molecular complexity index is 788. The average molecular weight is 373 g/mol. The normalized spacial score (nSPS) is 31.1. The van der Waals surface area contributed by atoms with Crippen LogP contribution in [-0.2, 0) is 14.4 Å². The Morgan fingerprint density at radius 3 is 2.87 bits per heavy atom. The summed E-state index contributed by atoms with van der Waals surface area (Å²) in [5.41, 5.74) is -1.24. The number of piperazine rings is 1. The van der Waals surface area contributed by atoms with Crippen LogP contribution in [0.25, 0.3) is 0 Å². The number of ether oxygens (including phenoxy) is 1. The zero-order valence-corrected chi connectivity index (χ0v) is 13.9. The van der Waals surface area contributed by atoms with Gasteiger partial charge in [0.05, 0.1) is 5.02 Å². The summed E-state index contributed by atoms with van der Waals surface area (Å²) < 4.78 is 5.78. The van der Waals surface area contributed by atoms with Crippen molar-refractivity contribution in [3.8, 4) is 11.5 Å². The van der Waals surface area contributed by atoms with Crippen molar-refractivity contribution in [3.05, 3.63) is 22.7 Å². The number of amides is 3. The van der Waals surface area contributed by atoms with E-state index in [1.807, 2.05) is 0 Å². The summed E-state index contributed by atoms with van der Waals surface area (Å²) in [6, 6.07) is 2.78. The van der Waals surface area contributed by atoms with Crippen LogP contribution in [-0.4, -0.2) is 38.8 Å². The highest BCUT2D eigenvalue weighted by molar-refractivity contribution is 8.77. The number of fused-ring (bicyclic) bond motifs is 4. The van der Waals surface area contributed by atoms with Crippen molar-refractivity contribution in [2.24, 2.45) is 0 Å². The van der Waals surface area contributed by atoms with Crippen molar-refractivity contribution in [2.45, 2.75) is 23.3 Å². The molecule has 0 saturated carbocycles. The molecule has 4 aliphatic rings. The third kappa shape index (κ3) is 1.78. The molecule has 3 unspecified atom stereocenters. The van der Waals surface area contributed by atoms with Crippen molar-refractivity contribution in [3.63, 3.8) is 0 Å². The van der Waals surface area contributed by atoms with Crippen molar-refractivity contribution >= 4 is 50.9 Å². The molecular weight excluding hydrogens is 364 g/mol. The largest absolute Gasteiger partial charge is 0.506 e. The Balaban J connectivity index is 1.97. The summed E-state index contributed by atoms with van der Waals surface area (Å²) in [6.45, 7) is 1.21. The molecule has 3 saturated heterocycles. The van der Waals surface area contributed by atoms with E-state index in [-0.39, 0.29) is 16.5 Å². The predicted octanol–water partition coefficient (Wildman–Crippen LogP) is 1.40. The van der Waals surface area contributed by atoms with E-state index in [4.69, 9.17) is 16.3 Å². The second-order valence-corrected chi connectivity index (χ2v) is 8.15. The first-order valence-corrected chi connectivity index (χ1v) is 9.21. The number of carbonyl (C=O) groups is 3. The molecule has 0 aliphatic carbocycles. The van der Waals surface area contributed by atoms with Gasteiger partial charge in [-0.2, -0.15) is 0 Å². The zero-order chi connectivity index (χ0) is 16.5. The molecule has 4 aliphatic heterocycles. The molecule has 0 aromatic heterocycles. The molecule has 2 N–H and O–H groups in total. The third-order valence-electron chi connectivity index (χ3n) is 3.91. The van der Waals surface area contributed by atoms with E-state index in [0.29, 0.717) is 5.56 Å². The van der Waals surface area contributed by atoms with E-state index in [9.17, 15) is 19.5 Å². The maximum atomic E-state index is 12.7. The summed E-state index contributed by atoms with van der Waals surface area (Å²) in [5, 5.41) is 11.0. The summed E-state index contributed by atoms with van der Waals surface area (Å²) in [7, 11) is 2.42. The molecular formula is C13H9ClN2O5S2. The number of rotatable bonds is 0. The van der Waals surface area contributed by atoms with Gasteiger partial charge < -0.3 is 15.2 Å². The van der Waals surface area contributed by atoms with Gasteiger partial charge in [-0.1, -0.05) is 33.2 Å². The van der Waals surface area contributed by atoms with Gasteiger partial charge in [-0.05, 0) is 6.07 Å². The average Bonchev–Trinajstić information content (AvgIpc) is 2.60. The topological polar surface area (TPSA) is 95.9 Å². The van der Waals surface area contributed by atoms with Gasteiger partial charge in [0.15, 0.2) is 5.37 Å². The van der Waals surface area contributed by atoms with Gasteiger partial charge in [-0.25, -0.2) is 4.90 Å². The van der Waals surface area contributed by atoms with Crippen molar-refractivity contribution < 1.29 is 24.2 Å². The Labute approximate surface area is 143 Å². The molecule has 120 valence electrons. The molecule has 23 heavy (non-hydrogen) atoms. The number of phenolic OH excluding ortho intramolecular Hbond substituents is 1. The Hall–Kier alpha value is -1.58. The van der Waals surface area contributed by atoms with Crippen LogP contribution in [0, 0.1) is 0 Å². The lowest BCUT2D eigenvalue weighted by Gasteiger charge is -2.41. The van der Waals surface area contributed by atoms with E-state index in [1.165, 1.54) is 29.9 Å². The molecule has 1 spiro atoms. The minimum absolute atomic E-state index is 0.106. The summed E-state index contributed by atoms with van der Waals surface area (Å²) in [5.74, 6) is -1.65. The Morgan fingerprint density at radius 1 is 1.43 bits per heavy atom. The summed E-state index contributed by atoms with van der Waals surface area (Å²) in [4.78, 5) is 38.1. The number of carbonyl (C=O) groups excluding carboxylic acids is 3. The first-order chi connectivity index (χ1) is 10.9. The van der Waals surface area contributed by atoms with E-state index < -0.39 is 34.1 Å². The van der Waals surface area contributed by atoms with E-state index in [1.54, 1.807) is 0 Å². The first-order valence-electron chi connectivity index (χ1n) is 6.55. The highest BCUT2D eigenvalue weighted by Crippen LogP contribution is 2.61. The van der Waals surface area contributed by atoms with Crippen LogP contribution >= 0.6 is 33.2 Å². The van der Waals surface area contributed by atoms with Crippen LogP contribution in [0.2, 0.25) is 5.02 Å². The second-order valence-electron chi connectivity index (χ2n) is 5.26. The molecule has 10 heteroatoms. The molecule has 7 nitrogen and oxygen atoms in total. The zero-order valence-electron chi connectivity index (χ0n) is 11.5. The number of nitrogens with zero attached hydrogens (tertiary/aromatic N) is 1. The quantitative estimate of drug-likeness (QED) is 0.664. The standard InChI is InChI=1S/C13H9ClN2O5S2/c1-4(17)16-11(19)10-15-12(20)13(16)9(22-23-10)5-2-6(14)7(18)3-8(5)21-13/h2-3,9-10,18H,1H3,(H,15,20). The van der Waals surface area contributed by atoms with Crippen molar-refractivity contribution in [1.29, 1.82) is 0 Å². The first kappa shape index (κ1) is 15.0. The number of phenols is 1. The maximum absolute atomic E-state index is 12.7. The van der Waals surface area contributed by atoms with Crippen LogP contribution in [0.3, 0.4) is 0 Å². The fraction of sp³-hybridized carbons (Fsp3) is 0.308. The number of hydrogen-bond acceptors (Lipinski definition) is 7. The van der Waals surface area contributed by atoms with Crippen LogP contribution in [0.15, 0.2) is 12.1 Å². The second kappa shape index (κ2) is 4.71. The van der Waals surface area contributed by atoms with Crippen molar-refractivity contribution in [2.75, 3.05) is 0 Å². The van der Waals surface area contributed by atoms with Gasteiger partial charge in [0.1, 0.15) is 16.7 Å². The van der Waals surface area contributed by atoms with Gasteiger partial charge >= 0.3 is 0 Å². The van der Waals surface area contributed by atoms with Gasteiger partial charge in [0, 0.05) is 18.6 Å². The van der Waals surface area contributed by atoms with Crippen LogP contribution in [0.1, 0.15) is 17.7 Å². The highest BCUT2D eigenvalue weighted by Gasteiger charge is 2.68. The number of aromatic hydroxyl groups is 1. The predicted molar refractivity (Wildman–Crippen MR) is 83.9 cm³/mol. The van der Waals surface area contributed by atoms with Gasteiger partial charge in [0.25, 0.3) is 17.5 Å². The lowest BCUT2D eigenvalue weighted by molar-refractivity contribution is -0.179. The minimum Gasteiger partial charge on any atom is -0.506 e. The molecule has 0 radical (unpaired) electrons. The summed E-state index contributed by atoms with van der Waals surface area (Å²) >= 11 is 5.96. The SMILES string of the molecule is CC(=O)N1C(=O)C2NC(=O)C13Oc1cc(O)c(Cl)cc1C3SS2. The summed E-state index contributed by atoms with van der Waals surface area (Å²) in [6.07, 6.45) is 0. The van der Waals surface area contributed by atoms with E-state index >= 15 is 0 Å². The monoisotopic (exact) mass is 372 g/mol. The van der Waals surface area contributed by atoms with Crippen molar-refractivity contribution in [1.82, 2.24) is 10.2 Å². The van der Waals surface area contributed by atoms with Crippen LogP contribution in [0.4, 0.5) is 0 Å². The Morgan fingerprint density at radius 2 is 2.17 bits per heavy atom. The minimum atomic E-state index is -1.80. The molecule has 1 aromatic carbocycles. The van der Waals surface area contributed by atoms with Gasteiger partial charge in [0.2, 0.25) is 5.91 Å². The smallest absolute Gasteiger partial charge is 0.289 e. The molecule has 2 bridgehead atoms. The number of halogens is 1. The van der Waals surface area contributed by atoms with E-state index in [2.05, 4.69) is 5.32 Å².